The van der Waals surface area contributed by atoms with Gasteiger partial charge in [0.15, 0.2) is 0 Å². The molecule has 0 fully saturated rings. The zero-order valence-electron chi connectivity index (χ0n) is 49.6. The molecule has 416 valence electrons. The summed E-state index contributed by atoms with van der Waals surface area (Å²) in [6.45, 7) is 17.2. The Morgan fingerprint density at radius 1 is 0.459 bits per heavy atom. The van der Waals surface area contributed by atoms with E-state index in [-0.39, 0.29) is 10.8 Å². The minimum absolute atomic E-state index is 0.0874. The Balaban J connectivity index is 0.895. The van der Waals surface area contributed by atoms with E-state index in [1.54, 1.807) is 0 Å². The molecule has 1 aliphatic carbocycles. The van der Waals surface area contributed by atoms with Crippen LogP contribution < -0.4 is 4.90 Å². The minimum atomic E-state index is -0.330. The molecule has 0 saturated heterocycles. The number of anilines is 3. The van der Waals surface area contributed by atoms with Crippen LogP contribution in [-0.4, -0.2) is 4.57 Å². The normalized spacial score (nSPS) is 14.0. The van der Waals surface area contributed by atoms with Gasteiger partial charge in [0, 0.05) is 38.9 Å². The molecule has 0 spiro atoms. The van der Waals surface area contributed by atoms with Gasteiger partial charge in [-0.1, -0.05) is 267 Å². The lowest BCUT2D eigenvalue weighted by Crippen LogP contribution is -2.27. The fourth-order valence-electron chi connectivity index (χ4n) is 13.6. The molecule has 13 rings (SSSR count). The highest BCUT2D eigenvalue weighted by molar-refractivity contribution is 6.11. The van der Waals surface area contributed by atoms with Crippen LogP contribution in [0.2, 0.25) is 0 Å². The third-order valence-corrected chi connectivity index (χ3v) is 18.3. The van der Waals surface area contributed by atoms with Gasteiger partial charge in [-0.3, -0.25) is 0 Å². The number of unbranched alkanes of at least 4 members (excludes halogenated alkanes) is 1. The maximum atomic E-state index is 3.99. The molecule has 1 heterocycles. The summed E-state index contributed by atoms with van der Waals surface area (Å²) in [5.41, 5.74) is 25.6. The smallest absolute Gasteiger partial charge is 0.0541 e. The van der Waals surface area contributed by atoms with E-state index in [1.165, 1.54) is 119 Å². The van der Waals surface area contributed by atoms with Crippen molar-refractivity contribution in [3.05, 3.63) is 313 Å². The lowest BCUT2D eigenvalue weighted by atomic mass is 9.69. The lowest BCUT2D eigenvalue weighted by molar-refractivity contribution is 0.423. The van der Waals surface area contributed by atoms with E-state index in [1.807, 2.05) is 12.2 Å². The standard InChI is InChI=1S/C83H74N2/c1-7-58-27-29-61(30-28-58)54-60(9-3)20-18-19-53-83(69-21-12-10-13-22-69)78-26-17-16-25-74(78)75-50-49-73(57-79(75)83)84(71-45-37-63(38-46-71)62-35-43-68(44-36-62)82(4,5)6)72-47-39-65(40-48-72)67-42-52-81-77(56-67)76-55-66(64-33-31-59(8-2)32-34-64)41-51-80(76)85(81)70-23-14-11-15-24-70/h7-8,10-17,21-52,55-57,60H,1-2,9,18-20,53-54H2,3-6H3/t60?,83-/m1/s1. The number of hydrogen-bond donors (Lipinski definition) is 0. The second-order valence-electron chi connectivity index (χ2n) is 24.4. The van der Waals surface area contributed by atoms with Gasteiger partial charge < -0.3 is 9.47 Å². The van der Waals surface area contributed by atoms with E-state index in [4.69, 9.17) is 0 Å². The van der Waals surface area contributed by atoms with Crippen LogP contribution in [0, 0.1) is 5.92 Å². The zero-order valence-corrected chi connectivity index (χ0v) is 49.6. The molecule has 1 aliphatic rings. The first-order valence-electron chi connectivity index (χ1n) is 30.6. The minimum Gasteiger partial charge on any atom is -0.310 e. The molecule has 2 heteroatoms. The summed E-state index contributed by atoms with van der Waals surface area (Å²) in [5, 5.41) is 2.45. The molecular weight excluding hydrogens is 1020 g/mol. The Bertz CT molecular complexity index is 4330. The van der Waals surface area contributed by atoms with Gasteiger partial charge in [-0.2, -0.15) is 0 Å². The Kier molecular flexibility index (Phi) is 15.0. The monoisotopic (exact) mass is 1100 g/mol. The fourth-order valence-corrected chi connectivity index (χ4v) is 13.6. The van der Waals surface area contributed by atoms with Gasteiger partial charge in [0.05, 0.1) is 11.0 Å². The Hall–Kier alpha value is -9.50. The quantitative estimate of drug-likeness (QED) is 0.0778. The van der Waals surface area contributed by atoms with Crippen LogP contribution >= 0.6 is 0 Å². The van der Waals surface area contributed by atoms with Gasteiger partial charge in [-0.25, -0.2) is 0 Å². The molecule has 12 aromatic rings. The van der Waals surface area contributed by atoms with Crippen LogP contribution in [0.15, 0.2) is 274 Å². The number of fused-ring (bicyclic) bond motifs is 6. The molecule has 0 aliphatic heterocycles. The average Bonchev–Trinajstić information content (AvgIpc) is 1.82. The fraction of sp³-hybridized carbons (Fsp3) is 0.157. The number of hydrogen-bond acceptors (Lipinski definition) is 1. The first-order chi connectivity index (χ1) is 41.6. The van der Waals surface area contributed by atoms with Gasteiger partial charge in [0.1, 0.15) is 0 Å². The van der Waals surface area contributed by atoms with E-state index < -0.39 is 0 Å². The van der Waals surface area contributed by atoms with E-state index in [0.29, 0.717) is 5.92 Å². The summed E-state index contributed by atoms with van der Waals surface area (Å²) in [7, 11) is 0. The number of para-hydroxylation sites is 1. The number of aromatic nitrogens is 1. The van der Waals surface area contributed by atoms with Gasteiger partial charge in [-0.15, -0.1) is 0 Å². The largest absolute Gasteiger partial charge is 0.310 e. The second kappa shape index (κ2) is 23.3. The molecule has 0 radical (unpaired) electrons. The highest BCUT2D eigenvalue weighted by atomic mass is 15.1. The Morgan fingerprint density at radius 3 is 1.51 bits per heavy atom. The van der Waals surface area contributed by atoms with Crippen molar-refractivity contribution >= 4 is 51.0 Å². The molecular formula is C83H74N2. The average molecular weight is 1100 g/mol. The molecule has 85 heavy (non-hydrogen) atoms. The van der Waals surface area contributed by atoms with Crippen molar-refractivity contribution in [1.29, 1.82) is 0 Å². The van der Waals surface area contributed by atoms with Gasteiger partial charge >= 0.3 is 0 Å². The lowest BCUT2D eigenvalue weighted by Gasteiger charge is -2.34. The third kappa shape index (κ3) is 10.6. The van der Waals surface area contributed by atoms with Crippen molar-refractivity contribution in [2.75, 3.05) is 4.90 Å². The number of nitrogens with zero attached hydrogens (tertiary/aromatic N) is 2. The summed E-state index contributed by atoms with van der Waals surface area (Å²) in [6, 6.07) is 97.8. The predicted molar refractivity (Wildman–Crippen MR) is 365 cm³/mol. The van der Waals surface area contributed by atoms with Crippen molar-refractivity contribution in [1.82, 2.24) is 4.57 Å². The molecule has 11 aromatic carbocycles. The van der Waals surface area contributed by atoms with Crippen LogP contribution in [-0.2, 0) is 17.3 Å². The van der Waals surface area contributed by atoms with Crippen molar-refractivity contribution in [3.63, 3.8) is 0 Å². The van der Waals surface area contributed by atoms with Crippen molar-refractivity contribution in [2.24, 2.45) is 5.92 Å². The maximum Gasteiger partial charge on any atom is 0.0541 e. The van der Waals surface area contributed by atoms with E-state index in [2.05, 4.69) is 311 Å². The molecule has 0 bridgehead atoms. The zero-order chi connectivity index (χ0) is 58.1. The summed E-state index contributed by atoms with van der Waals surface area (Å²) in [5.74, 6) is 0.635. The molecule has 0 saturated carbocycles. The van der Waals surface area contributed by atoms with Crippen molar-refractivity contribution in [2.45, 2.75) is 77.0 Å². The first kappa shape index (κ1) is 54.7. The molecule has 1 aromatic heterocycles. The van der Waals surface area contributed by atoms with Crippen LogP contribution in [0.1, 0.15) is 98.7 Å². The second-order valence-corrected chi connectivity index (χ2v) is 24.4. The van der Waals surface area contributed by atoms with E-state index in [9.17, 15) is 0 Å². The van der Waals surface area contributed by atoms with Crippen LogP contribution in [0.3, 0.4) is 0 Å². The molecule has 1 unspecified atom stereocenters. The summed E-state index contributed by atoms with van der Waals surface area (Å²) in [4.78, 5) is 2.47. The van der Waals surface area contributed by atoms with E-state index >= 15 is 0 Å². The van der Waals surface area contributed by atoms with Crippen LogP contribution in [0.5, 0.6) is 0 Å². The molecule has 0 amide bonds. The summed E-state index contributed by atoms with van der Waals surface area (Å²) < 4.78 is 2.40. The Morgan fingerprint density at radius 2 is 0.941 bits per heavy atom. The molecule has 2 nitrogen and oxygen atoms in total. The van der Waals surface area contributed by atoms with Crippen LogP contribution in [0.25, 0.3) is 84.2 Å². The number of benzene rings is 11. The van der Waals surface area contributed by atoms with Crippen molar-refractivity contribution in [3.8, 4) is 50.2 Å². The van der Waals surface area contributed by atoms with Gasteiger partial charge in [-0.05, 0) is 180 Å². The maximum absolute atomic E-state index is 3.99. The van der Waals surface area contributed by atoms with Crippen molar-refractivity contribution < 1.29 is 0 Å². The highest BCUT2D eigenvalue weighted by Gasteiger charge is 2.44. The summed E-state index contributed by atoms with van der Waals surface area (Å²) in [6.07, 6.45) is 10.6. The molecule has 2 atom stereocenters. The van der Waals surface area contributed by atoms with Crippen LogP contribution in [0.4, 0.5) is 17.1 Å². The number of rotatable bonds is 18. The van der Waals surface area contributed by atoms with E-state index in [0.717, 1.165) is 47.6 Å². The predicted octanol–water partition coefficient (Wildman–Crippen LogP) is 23.0. The SMILES string of the molecule is C=Cc1ccc(CC(CC)CCCC[C@@]2(c3ccccc3)c3ccccc3-c3ccc(N(c4ccc(-c5ccc(C(C)(C)C)cc5)cc4)c4ccc(-c5ccc6c(c5)c5cc(-c7ccc(C=C)cc7)ccc5n6-c5ccccc5)cc4)cc32)cc1. The highest BCUT2D eigenvalue weighted by Crippen LogP contribution is 2.56. The molecule has 0 N–H and O–H groups in total. The topological polar surface area (TPSA) is 8.17 Å². The van der Waals surface area contributed by atoms with Gasteiger partial charge in [0.2, 0.25) is 0 Å². The Labute approximate surface area is 503 Å². The summed E-state index contributed by atoms with van der Waals surface area (Å²) >= 11 is 0. The first-order valence-corrected chi connectivity index (χ1v) is 30.6. The third-order valence-electron chi connectivity index (χ3n) is 18.3. The van der Waals surface area contributed by atoms with Gasteiger partial charge in [0.25, 0.3) is 0 Å².